The summed E-state index contributed by atoms with van der Waals surface area (Å²) < 4.78 is 12.4. The molecule has 46 heavy (non-hydrogen) atoms. The highest BCUT2D eigenvalue weighted by atomic mass is 16.5. The van der Waals surface area contributed by atoms with E-state index in [-0.39, 0.29) is 25.0 Å². The summed E-state index contributed by atoms with van der Waals surface area (Å²) in [5, 5.41) is 2.83. The molecule has 3 aliphatic heterocycles. The third-order valence-electron chi connectivity index (χ3n) is 9.17. The fourth-order valence-corrected chi connectivity index (χ4v) is 6.41. The third kappa shape index (κ3) is 7.76. The van der Waals surface area contributed by atoms with Crippen molar-refractivity contribution in [2.45, 2.75) is 76.4 Å². The van der Waals surface area contributed by atoms with E-state index in [1.54, 1.807) is 18.7 Å². The van der Waals surface area contributed by atoms with Gasteiger partial charge in [-0.1, -0.05) is 60.2 Å². The Morgan fingerprint density at radius 3 is 2.46 bits per heavy atom. The first-order valence-electron chi connectivity index (χ1n) is 16.3. The van der Waals surface area contributed by atoms with E-state index >= 15 is 0 Å². The Labute approximate surface area is 272 Å². The average Bonchev–Trinajstić information content (AvgIpc) is 3.71. The SMILES string of the molecule is Cc1cccc(C[C@]2(C(=O)N3CCN(C)CC3)COC(C3CCCN3C(=O)C(NC(=O)C(C)N)C(C)OCc3ccccc3)=N2)c1. The number of likely N-dealkylation sites (tertiary alicyclic amines) is 1. The maximum atomic E-state index is 14.2. The number of piperazine rings is 1. The van der Waals surface area contributed by atoms with E-state index in [1.807, 2.05) is 60.4 Å². The molecule has 0 saturated carbocycles. The van der Waals surface area contributed by atoms with Crippen molar-refractivity contribution in [1.29, 1.82) is 0 Å². The number of carbonyl (C=O) groups is 3. The second kappa shape index (κ2) is 14.7. The number of nitrogens with two attached hydrogens (primary N) is 1. The zero-order chi connectivity index (χ0) is 32.8. The second-order valence-corrected chi connectivity index (χ2v) is 13.0. The van der Waals surface area contributed by atoms with Gasteiger partial charge in [-0.2, -0.15) is 0 Å². The molecule has 3 aliphatic rings. The van der Waals surface area contributed by atoms with Gasteiger partial charge in [-0.3, -0.25) is 14.4 Å². The number of aryl methyl sites for hydroxylation is 1. The van der Waals surface area contributed by atoms with Gasteiger partial charge in [-0.25, -0.2) is 4.99 Å². The van der Waals surface area contributed by atoms with Gasteiger partial charge in [0.25, 0.3) is 5.91 Å². The molecule has 0 radical (unpaired) electrons. The molecule has 248 valence electrons. The molecule has 2 fully saturated rings. The standard InChI is InChI=1S/C35H48N6O5/c1-24-10-8-13-28(20-24)21-35(34(44)40-18-16-39(4)17-19-40)23-46-32(38-35)29-14-9-15-41(29)33(43)30(37-31(42)25(2)36)26(3)45-22-27-11-6-5-7-12-27/h5-8,10-13,20,25-26,29-30H,9,14-19,21-23,36H2,1-4H3,(H,37,42)/t25?,26?,29?,30?,35-/m1/s1. The quantitative estimate of drug-likeness (QED) is 0.387. The van der Waals surface area contributed by atoms with Crippen molar-refractivity contribution >= 4 is 23.6 Å². The molecule has 4 unspecified atom stereocenters. The minimum atomic E-state index is -1.12. The number of amides is 3. The molecule has 0 spiro atoms. The molecule has 2 aromatic carbocycles. The smallest absolute Gasteiger partial charge is 0.254 e. The van der Waals surface area contributed by atoms with Gasteiger partial charge in [0.1, 0.15) is 18.7 Å². The lowest BCUT2D eigenvalue weighted by molar-refractivity contribution is -0.141. The molecule has 3 amide bonds. The van der Waals surface area contributed by atoms with E-state index in [0.717, 1.165) is 36.2 Å². The molecule has 3 N–H and O–H groups in total. The van der Waals surface area contributed by atoms with Gasteiger partial charge in [0, 0.05) is 39.1 Å². The summed E-state index contributed by atoms with van der Waals surface area (Å²) in [4.78, 5) is 52.1. The zero-order valence-corrected chi connectivity index (χ0v) is 27.5. The number of ether oxygens (including phenoxy) is 2. The third-order valence-corrected chi connectivity index (χ3v) is 9.17. The van der Waals surface area contributed by atoms with E-state index in [2.05, 4.69) is 23.3 Å². The van der Waals surface area contributed by atoms with E-state index in [1.165, 1.54) is 0 Å². The summed E-state index contributed by atoms with van der Waals surface area (Å²) in [6, 6.07) is 15.6. The summed E-state index contributed by atoms with van der Waals surface area (Å²) in [5.74, 6) is -0.368. The number of carbonyl (C=O) groups excluding carboxylic acids is 3. The molecule has 5 atom stereocenters. The highest BCUT2D eigenvalue weighted by Crippen LogP contribution is 2.32. The summed E-state index contributed by atoms with van der Waals surface area (Å²) in [5.41, 5.74) is 7.84. The van der Waals surface area contributed by atoms with Crippen LogP contribution in [0.15, 0.2) is 59.6 Å². The van der Waals surface area contributed by atoms with Crippen LogP contribution < -0.4 is 11.1 Å². The first-order chi connectivity index (χ1) is 22.1. The number of benzene rings is 2. The van der Waals surface area contributed by atoms with Gasteiger partial charge in [0.15, 0.2) is 5.54 Å². The molecular formula is C35H48N6O5. The summed E-state index contributed by atoms with van der Waals surface area (Å²) in [7, 11) is 2.06. The Balaban J connectivity index is 1.40. The minimum Gasteiger partial charge on any atom is -0.476 e. The molecular weight excluding hydrogens is 584 g/mol. The van der Waals surface area contributed by atoms with Crippen LogP contribution in [0.4, 0.5) is 0 Å². The maximum Gasteiger partial charge on any atom is 0.254 e. The number of rotatable bonds is 11. The average molecular weight is 633 g/mol. The molecule has 11 heteroatoms. The molecule has 0 aliphatic carbocycles. The Bertz CT molecular complexity index is 1410. The van der Waals surface area contributed by atoms with Crippen molar-refractivity contribution in [1.82, 2.24) is 20.0 Å². The lowest BCUT2D eigenvalue weighted by Gasteiger charge is -2.36. The number of nitrogens with one attached hydrogen (secondary N) is 1. The number of hydrogen-bond acceptors (Lipinski definition) is 8. The van der Waals surface area contributed by atoms with Crippen molar-refractivity contribution in [3.8, 4) is 0 Å². The first-order valence-corrected chi connectivity index (χ1v) is 16.3. The molecule has 5 rings (SSSR count). The van der Waals surface area contributed by atoms with Gasteiger partial charge >= 0.3 is 0 Å². The first kappa shape index (κ1) is 33.6. The van der Waals surface area contributed by atoms with Gasteiger partial charge in [-0.15, -0.1) is 0 Å². The van der Waals surface area contributed by atoms with Crippen molar-refractivity contribution in [3.63, 3.8) is 0 Å². The van der Waals surface area contributed by atoms with Crippen molar-refractivity contribution in [2.24, 2.45) is 10.7 Å². The Kier molecular flexibility index (Phi) is 10.8. The number of hydrogen-bond donors (Lipinski definition) is 2. The topological polar surface area (TPSA) is 130 Å². The Morgan fingerprint density at radius 2 is 1.76 bits per heavy atom. The van der Waals surface area contributed by atoms with Gasteiger partial charge in [0.05, 0.1) is 18.8 Å². The largest absolute Gasteiger partial charge is 0.476 e. The van der Waals surface area contributed by atoms with Crippen LogP contribution in [0.3, 0.4) is 0 Å². The molecule has 0 aromatic heterocycles. The summed E-state index contributed by atoms with van der Waals surface area (Å²) in [6.45, 7) is 9.13. The van der Waals surface area contributed by atoms with Crippen LogP contribution in [0.2, 0.25) is 0 Å². The molecule has 3 heterocycles. The van der Waals surface area contributed by atoms with Gasteiger partial charge in [-0.05, 0) is 51.8 Å². The van der Waals surface area contributed by atoms with Gasteiger partial charge < -0.3 is 35.2 Å². The fourth-order valence-electron chi connectivity index (χ4n) is 6.41. The van der Waals surface area contributed by atoms with E-state index in [4.69, 9.17) is 20.2 Å². The number of nitrogens with zero attached hydrogens (tertiary/aromatic N) is 4. The Morgan fingerprint density at radius 1 is 1.04 bits per heavy atom. The van der Waals surface area contributed by atoms with Crippen LogP contribution in [0, 0.1) is 6.92 Å². The number of aliphatic imine (C=N–C) groups is 1. The predicted octanol–water partition coefficient (Wildman–Crippen LogP) is 1.91. The van der Waals surface area contributed by atoms with Crippen LogP contribution in [-0.2, 0) is 36.9 Å². The molecule has 2 aromatic rings. The van der Waals surface area contributed by atoms with E-state index in [0.29, 0.717) is 38.4 Å². The van der Waals surface area contributed by atoms with Crippen LogP contribution in [0.5, 0.6) is 0 Å². The second-order valence-electron chi connectivity index (χ2n) is 13.0. The molecule has 0 bridgehead atoms. The normalized spacial score (nSPS) is 23.8. The van der Waals surface area contributed by atoms with Gasteiger partial charge in [0.2, 0.25) is 17.7 Å². The van der Waals surface area contributed by atoms with E-state index < -0.39 is 35.7 Å². The molecule has 2 saturated heterocycles. The summed E-state index contributed by atoms with van der Waals surface area (Å²) >= 11 is 0. The van der Waals surface area contributed by atoms with Crippen molar-refractivity contribution in [2.75, 3.05) is 46.4 Å². The fraction of sp³-hybridized carbons (Fsp3) is 0.543. The summed E-state index contributed by atoms with van der Waals surface area (Å²) in [6.07, 6.45) is 1.15. The van der Waals surface area contributed by atoms with Crippen LogP contribution >= 0.6 is 0 Å². The predicted molar refractivity (Wildman–Crippen MR) is 176 cm³/mol. The zero-order valence-electron chi connectivity index (χ0n) is 27.5. The van der Waals surface area contributed by atoms with E-state index in [9.17, 15) is 14.4 Å². The number of likely N-dealkylation sites (N-methyl/N-ethyl adjacent to an activating group) is 1. The van der Waals surface area contributed by atoms with Crippen molar-refractivity contribution in [3.05, 3.63) is 71.3 Å². The lowest BCUT2D eigenvalue weighted by atomic mass is 9.90. The maximum absolute atomic E-state index is 14.2. The monoisotopic (exact) mass is 632 g/mol. The Hall–Kier alpha value is -3.80. The highest BCUT2D eigenvalue weighted by molar-refractivity contribution is 5.97. The molecule has 11 nitrogen and oxygen atoms in total. The van der Waals surface area contributed by atoms with Crippen LogP contribution in [0.25, 0.3) is 0 Å². The highest BCUT2D eigenvalue weighted by Gasteiger charge is 2.50. The lowest BCUT2D eigenvalue weighted by Crippen LogP contribution is -2.58. The minimum absolute atomic E-state index is 0.0435. The van der Waals surface area contributed by atoms with Crippen molar-refractivity contribution < 1.29 is 23.9 Å². The van der Waals surface area contributed by atoms with Crippen LogP contribution in [-0.4, -0.2) is 114 Å². The van der Waals surface area contributed by atoms with Crippen LogP contribution in [0.1, 0.15) is 43.4 Å².